The maximum absolute atomic E-state index is 10.1. The molecule has 1 N–H and O–H groups in total. The summed E-state index contributed by atoms with van der Waals surface area (Å²) in [5, 5.41) is 19.9. The molecule has 3 aromatic rings. The van der Waals surface area contributed by atoms with E-state index < -0.39 is 0 Å². The van der Waals surface area contributed by atoms with Crippen molar-refractivity contribution in [2.75, 3.05) is 26.3 Å². The molecule has 0 saturated carbocycles. The summed E-state index contributed by atoms with van der Waals surface area (Å²) < 4.78 is 5.59. The van der Waals surface area contributed by atoms with Crippen LogP contribution in [0.5, 0.6) is 5.75 Å². The second kappa shape index (κ2) is 9.71. The molecule has 0 amide bonds. The molecule has 36 heavy (non-hydrogen) atoms. The zero-order valence-electron chi connectivity index (χ0n) is 20.1. The Morgan fingerprint density at radius 2 is 1.89 bits per heavy atom. The zero-order valence-corrected chi connectivity index (χ0v) is 20.9. The van der Waals surface area contributed by atoms with Gasteiger partial charge in [0.05, 0.1) is 34.7 Å². The van der Waals surface area contributed by atoms with Crippen molar-refractivity contribution in [3.05, 3.63) is 81.4 Å². The third-order valence-electron chi connectivity index (χ3n) is 7.69. The van der Waals surface area contributed by atoms with Crippen molar-refractivity contribution in [3.8, 4) is 22.9 Å². The van der Waals surface area contributed by atoms with E-state index in [9.17, 15) is 5.26 Å². The van der Waals surface area contributed by atoms with E-state index in [2.05, 4.69) is 17.0 Å². The van der Waals surface area contributed by atoms with E-state index in [1.54, 1.807) is 0 Å². The van der Waals surface area contributed by atoms with Crippen molar-refractivity contribution in [1.29, 1.82) is 5.26 Å². The number of aliphatic hydroxyl groups is 1. The molecule has 6 heteroatoms. The molecular weight excluding hydrogens is 470 g/mol. The van der Waals surface area contributed by atoms with Gasteiger partial charge >= 0.3 is 0 Å². The average Bonchev–Trinajstić information content (AvgIpc) is 3.66. The zero-order chi connectivity index (χ0) is 24.6. The van der Waals surface area contributed by atoms with Gasteiger partial charge in [0.1, 0.15) is 12.4 Å². The van der Waals surface area contributed by atoms with Gasteiger partial charge in [-0.3, -0.25) is 9.89 Å². The van der Waals surface area contributed by atoms with Crippen LogP contribution in [0.2, 0.25) is 5.02 Å². The summed E-state index contributed by atoms with van der Waals surface area (Å²) >= 11 is 6.97. The van der Waals surface area contributed by atoms with E-state index in [4.69, 9.17) is 26.4 Å². The van der Waals surface area contributed by atoms with Crippen LogP contribution in [0.25, 0.3) is 11.1 Å². The predicted octanol–water partition coefficient (Wildman–Crippen LogP) is 6.01. The van der Waals surface area contributed by atoms with Crippen LogP contribution in [-0.2, 0) is 12.8 Å². The van der Waals surface area contributed by atoms with Crippen LogP contribution >= 0.6 is 11.6 Å². The number of halogens is 1. The van der Waals surface area contributed by atoms with Gasteiger partial charge in [-0.25, -0.2) is 0 Å². The lowest BCUT2D eigenvalue weighted by Gasteiger charge is -2.24. The van der Waals surface area contributed by atoms with E-state index in [0.717, 1.165) is 65.1 Å². The number of ether oxygens (including phenoxy) is 1. The molecule has 1 atom stereocenters. The fourth-order valence-corrected chi connectivity index (χ4v) is 6.37. The van der Waals surface area contributed by atoms with Crippen LogP contribution in [0.4, 0.5) is 5.69 Å². The molecule has 3 aliphatic rings. The largest absolute Gasteiger partial charge is 0.491 e. The summed E-state index contributed by atoms with van der Waals surface area (Å²) in [6, 6.07) is 18.9. The molecule has 6 rings (SSSR count). The Labute approximate surface area is 216 Å². The molecule has 2 aliphatic heterocycles. The molecular formula is C30H28ClN3O2. The van der Waals surface area contributed by atoms with E-state index in [0.29, 0.717) is 23.2 Å². The molecule has 0 bridgehead atoms. The Bertz CT molecular complexity index is 1400. The van der Waals surface area contributed by atoms with E-state index >= 15 is 0 Å². The van der Waals surface area contributed by atoms with Crippen LogP contribution in [0, 0.1) is 11.3 Å². The van der Waals surface area contributed by atoms with Crippen molar-refractivity contribution in [3.63, 3.8) is 0 Å². The first kappa shape index (κ1) is 23.2. The second-order valence-electron chi connectivity index (χ2n) is 9.73. The Morgan fingerprint density at radius 3 is 2.69 bits per heavy atom. The van der Waals surface area contributed by atoms with Crippen LogP contribution in [-0.4, -0.2) is 42.0 Å². The lowest BCUT2D eigenvalue weighted by molar-refractivity contribution is 0.201. The van der Waals surface area contributed by atoms with Crippen molar-refractivity contribution in [2.45, 2.75) is 38.1 Å². The smallest absolute Gasteiger partial charge is 0.120 e. The number of likely N-dealkylation sites (tertiary alicyclic amines) is 1. The fraction of sp³-hybridized carbons (Fsp3) is 0.333. The van der Waals surface area contributed by atoms with Crippen LogP contribution in [0.15, 0.2) is 53.5 Å². The molecule has 2 heterocycles. The normalized spacial score (nSPS) is 18.6. The third-order valence-corrected chi connectivity index (χ3v) is 8.09. The maximum Gasteiger partial charge on any atom is 0.120 e. The molecule has 3 aromatic carbocycles. The van der Waals surface area contributed by atoms with E-state index in [-0.39, 0.29) is 13.2 Å². The van der Waals surface area contributed by atoms with E-state index in [1.165, 1.54) is 24.0 Å². The number of rotatable bonds is 6. The van der Waals surface area contributed by atoms with Crippen LogP contribution in [0.1, 0.15) is 53.1 Å². The van der Waals surface area contributed by atoms with Gasteiger partial charge in [0.25, 0.3) is 0 Å². The summed E-state index contributed by atoms with van der Waals surface area (Å²) in [6.07, 6.45) is 5.19. The van der Waals surface area contributed by atoms with Crippen LogP contribution < -0.4 is 4.74 Å². The van der Waals surface area contributed by atoms with Crippen molar-refractivity contribution < 1.29 is 9.84 Å². The van der Waals surface area contributed by atoms with Crippen molar-refractivity contribution in [2.24, 2.45) is 4.99 Å². The molecule has 1 aliphatic carbocycles. The first-order valence-corrected chi connectivity index (χ1v) is 13.1. The minimum atomic E-state index is -0.0340. The monoisotopic (exact) mass is 497 g/mol. The summed E-state index contributed by atoms with van der Waals surface area (Å²) in [4.78, 5) is 7.61. The predicted molar refractivity (Wildman–Crippen MR) is 142 cm³/mol. The highest BCUT2D eigenvalue weighted by molar-refractivity contribution is 6.37. The number of hydrogen-bond donors (Lipinski definition) is 1. The maximum atomic E-state index is 10.1. The number of nitriles is 1. The molecule has 0 spiro atoms. The van der Waals surface area contributed by atoms with Gasteiger partial charge in [-0.2, -0.15) is 5.26 Å². The lowest BCUT2D eigenvalue weighted by atomic mass is 9.93. The highest BCUT2D eigenvalue weighted by Gasteiger charge is 2.34. The quantitative estimate of drug-likeness (QED) is 0.453. The van der Waals surface area contributed by atoms with Gasteiger partial charge in [-0.05, 0) is 73.7 Å². The molecule has 0 radical (unpaired) electrons. The van der Waals surface area contributed by atoms with Gasteiger partial charge in [0.15, 0.2) is 0 Å². The Morgan fingerprint density at radius 1 is 1.08 bits per heavy atom. The average molecular weight is 498 g/mol. The molecule has 1 unspecified atom stereocenters. The summed E-state index contributed by atoms with van der Waals surface area (Å²) in [7, 11) is 0. The summed E-state index contributed by atoms with van der Waals surface area (Å²) in [5.41, 5.74) is 8.96. The van der Waals surface area contributed by atoms with Gasteiger partial charge < -0.3 is 9.84 Å². The second-order valence-corrected chi connectivity index (χ2v) is 10.1. The van der Waals surface area contributed by atoms with Crippen LogP contribution in [0.3, 0.4) is 0 Å². The highest BCUT2D eigenvalue weighted by atomic mass is 35.5. The number of aliphatic imine (C=N–C) groups is 1. The first-order valence-electron chi connectivity index (χ1n) is 12.7. The number of benzene rings is 3. The third kappa shape index (κ3) is 4.00. The SMILES string of the molecule is N#Cc1c2c(cc3c1CCC3N1CCCC1)N=C(c1cccc(-c3cccc(OCCO)c3)c1Cl)C2. The van der Waals surface area contributed by atoms with Gasteiger partial charge in [0, 0.05) is 29.2 Å². The standard InChI is InChI=1S/C30H28ClN3O2/c31-30-21(19-5-3-6-20(15-19)36-14-13-35)7-4-8-23(30)27-16-24-26(18-32)22-9-10-29(34-11-1-2-12-34)25(22)17-28(24)33-27/h3-8,15,17,29,35H,1-2,9-14,16H2. The molecule has 1 fully saturated rings. The Balaban J connectivity index is 1.36. The highest BCUT2D eigenvalue weighted by Crippen LogP contribution is 2.45. The lowest BCUT2D eigenvalue weighted by Crippen LogP contribution is -2.23. The van der Waals surface area contributed by atoms with E-state index in [1.807, 2.05) is 42.5 Å². The number of nitrogens with zero attached hydrogens (tertiary/aromatic N) is 3. The van der Waals surface area contributed by atoms with Gasteiger partial charge in [-0.15, -0.1) is 0 Å². The Hall–Kier alpha value is -3.17. The minimum Gasteiger partial charge on any atom is -0.491 e. The Kier molecular flexibility index (Phi) is 6.27. The molecule has 182 valence electrons. The molecule has 5 nitrogen and oxygen atoms in total. The van der Waals surface area contributed by atoms with Gasteiger partial charge in [-0.1, -0.05) is 41.9 Å². The van der Waals surface area contributed by atoms with Crippen molar-refractivity contribution >= 4 is 23.0 Å². The topological polar surface area (TPSA) is 68.9 Å². The summed E-state index contributed by atoms with van der Waals surface area (Å²) in [5.74, 6) is 0.689. The fourth-order valence-electron chi connectivity index (χ4n) is 6.03. The molecule has 0 aromatic heterocycles. The number of aliphatic hydroxyl groups excluding tert-OH is 1. The molecule has 1 saturated heterocycles. The van der Waals surface area contributed by atoms with Crippen molar-refractivity contribution in [1.82, 2.24) is 4.90 Å². The number of hydrogen-bond acceptors (Lipinski definition) is 5. The first-order chi connectivity index (χ1) is 17.7. The summed E-state index contributed by atoms with van der Waals surface area (Å²) in [6.45, 7) is 2.50. The van der Waals surface area contributed by atoms with Gasteiger partial charge in [0.2, 0.25) is 0 Å². The number of fused-ring (bicyclic) bond motifs is 2. The minimum absolute atomic E-state index is 0.0340.